The van der Waals surface area contributed by atoms with Crippen LogP contribution in [-0.2, 0) is 4.79 Å². The van der Waals surface area contributed by atoms with Gasteiger partial charge in [-0.1, -0.05) is 35.5 Å². The number of halogens is 1. The smallest absolute Gasteiger partial charge is 0.277 e. The maximum atomic E-state index is 12.2. The fourth-order valence-electron chi connectivity index (χ4n) is 3.39. The van der Waals surface area contributed by atoms with Crippen molar-refractivity contribution >= 4 is 51.8 Å². The average molecular weight is 504 g/mol. The number of H-pyrrole nitrogens is 1. The summed E-state index contributed by atoms with van der Waals surface area (Å²) in [4.78, 5) is 31.4. The quantitative estimate of drug-likeness (QED) is 0.211. The number of amides is 1. The summed E-state index contributed by atoms with van der Waals surface area (Å²) in [6.45, 7) is 1.49. The Morgan fingerprint density at radius 3 is 2.49 bits per heavy atom. The van der Waals surface area contributed by atoms with Crippen LogP contribution in [0.1, 0.15) is 17.3 Å². The normalized spacial score (nSPS) is 11.0. The minimum atomic E-state index is -0.221. The van der Waals surface area contributed by atoms with Gasteiger partial charge in [-0.25, -0.2) is 4.98 Å². The Labute approximate surface area is 209 Å². The van der Waals surface area contributed by atoms with Gasteiger partial charge in [0.25, 0.3) is 5.22 Å². The van der Waals surface area contributed by atoms with Crippen molar-refractivity contribution in [2.45, 2.75) is 12.1 Å². The standard InChI is InChI=1S/C25H18ClN5O3S/c1-14(32)15-6-9-19(10-7-15)27-22(33)13-35-25-31-30-24(34-25)17-4-2-16(3-5-17)23-28-20-11-8-18(26)12-21(20)29-23/h2-12H,13H2,1H3,(H,27,33)(H,28,29). The van der Waals surface area contributed by atoms with Gasteiger partial charge in [-0.3, -0.25) is 9.59 Å². The van der Waals surface area contributed by atoms with Crippen LogP contribution >= 0.6 is 23.4 Å². The van der Waals surface area contributed by atoms with E-state index in [0.29, 0.717) is 27.4 Å². The molecule has 174 valence electrons. The first kappa shape index (κ1) is 22.8. The lowest BCUT2D eigenvalue weighted by Crippen LogP contribution is -2.14. The molecule has 3 aromatic carbocycles. The van der Waals surface area contributed by atoms with Crippen molar-refractivity contribution in [1.29, 1.82) is 0 Å². The van der Waals surface area contributed by atoms with Gasteiger partial charge in [0.1, 0.15) is 5.82 Å². The highest BCUT2D eigenvalue weighted by Gasteiger charge is 2.13. The minimum absolute atomic E-state index is 0.0276. The van der Waals surface area contributed by atoms with Gasteiger partial charge in [0, 0.05) is 27.4 Å². The lowest BCUT2D eigenvalue weighted by molar-refractivity contribution is -0.113. The van der Waals surface area contributed by atoms with Gasteiger partial charge in [-0.05, 0) is 61.5 Å². The molecular formula is C25H18ClN5O3S. The maximum Gasteiger partial charge on any atom is 0.277 e. The summed E-state index contributed by atoms with van der Waals surface area (Å²) in [6.07, 6.45) is 0. The molecule has 10 heteroatoms. The second-order valence-electron chi connectivity index (χ2n) is 7.67. The van der Waals surface area contributed by atoms with Crippen LogP contribution in [0.4, 0.5) is 5.69 Å². The number of nitrogens with zero attached hydrogens (tertiary/aromatic N) is 3. The minimum Gasteiger partial charge on any atom is -0.411 e. The van der Waals surface area contributed by atoms with Crippen LogP contribution in [0.3, 0.4) is 0 Å². The molecule has 5 rings (SSSR count). The largest absolute Gasteiger partial charge is 0.411 e. The number of fused-ring (bicyclic) bond motifs is 1. The summed E-state index contributed by atoms with van der Waals surface area (Å²) in [5.41, 5.74) is 4.56. The van der Waals surface area contributed by atoms with Gasteiger partial charge in [0.2, 0.25) is 11.8 Å². The van der Waals surface area contributed by atoms with Gasteiger partial charge in [0.15, 0.2) is 5.78 Å². The number of aromatic nitrogens is 4. The van der Waals surface area contributed by atoms with Crippen LogP contribution in [0.25, 0.3) is 33.9 Å². The lowest BCUT2D eigenvalue weighted by Gasteiger charge is -2.04. The number of imidazole rings is 1. The Hall–Kier alpha value is -3.95. The molecule has 0 aliphatic carbocycles. The number of carbonyl (C=O) groups excluding carboxylic acids is 2. The Balaban J connectivity index is 1.20. The van der Waals surface area contributed by atoms with Crippen molar-refractivity contribution in [3.63, 3.8) is 0 Å². The van der Waals surface area contributed by atoms with E-state index in [1.165, 1.54) is 6.92 Å². The maximum absolute atomic E-state index is 12.2. The Morgan fingerprint density at radius 2 is 1.74 bits per heavy atom. The summed E-state index contributed by atoms with van der Waals surface area (Å²) in [5.74, 6) is 0.945. The SMILES string of the molecule is CC(=O)c1ccc(NC(=O)CSc2nnc(-c3ccc(-c4nc5ccc(Cl)cc5[nH]4)cc3)o2)cc1. The molecular weight excluding hydrogens is 486 g/mol. The van der Waals surface area contributed by atoms with Crippen LogP contribution in [0.15, 0.2) is 76.4 Å². The van der Waals surface area contributed by atoms with Crippen LogP contribution in [-0.4, -0.2) is 37.6 Å². The number of ketones is 1. The molecule has 0 atom stereocenters. The van der Waals surface area contributed by atoms with E-state index in [9.17, 15) is 9.59 Å². The first-order valence-electron chi connectivity index (χ1n) is 10.6. The molecule has 5 aromatic rings. The van der Waals surface area contributed by atoms with Crippen LogP contribution < -0.4 is 5.32 Å². The first-order chi connectivity index (χ1) is 16.9. The van der Waals surface area contributed by atoms with Gasteiger partial charge in [-0.2, -0.15) is 0 Å². The molecule has 0 unspecified atom stereocenters. The molecule has 2 aromatic heterocycles. The molecule has 0 aliphatic heterocycles. The average Bonchev–Trinajstić information content (AvgIpc) is 3.50. The number of carbonyl (C=O) groups is 2. The van der Waals surface area contributed by atoms with Crippen LogP contribution in [0.5, 0.6) is 0 Å². The molecule has 0 bridgehead atoms. The second-order valence-corrected chi connectivity index (χ2v) is 9.03. The predicted molar refractivity (Wildman–Crippen MR) is 136 cm³/mol. The molecule has 35 heavy (non-hydrogen) atoms. The van der Waals surface area contributed by atoms with E-state index in [2.05, 4.69) is 25.5 Å². The Kier molecular flexibility index (Phi) is 6.35. The molecule has 0 saturated heterocycles. The third-order valence-corrected chi connectivity index (χ3v) is 6.21. The molecule has 0 radical (unpaired) electrons. The second kappa shape index (κ2) is 9.73. The number of nitrogens with one attached hydrogen (secondary N) is 2. The number of hydrogen-bond donors (Lipinski definition) is 2. The highest BCUT2D eigenvalue weighted by molar-refractivity contribution is 7.99. The zero-order valence-electron chi connectivity index (χ0n) is 18.4. The topological polar surface area (TPSA) is 114 Å². The number of aromatic amines is 1. The number of rotatable bonds is 7. The zero-order valence-corrected chi connectivity index (χ0v) is 20.0. The van der Waals surface area contributed by atoms with Crippen molar-refractivity contribution in [3.05, 3.63) is 77.3 Å². The summed E-state index contributed by atoms with van der Waals surface area (Å²) < 4.78 is 5.70. The summed E-state index contributed by atoms with van der Waals surface area (Å²) >= 11 is 7.19. The van der Waals surface area contributed by atoms with Crippen molar-refractivity contribution in [2.24, 2.45) is 0 Å². The van der Waals surface area contributed by atoms with E-state index in [0.717, 1.165) is 39.7 Å². The number of hydrogen-bond acceptors (Lipinski definition) is 7. The molecule has 2 N–H and O–H groups in total. The number of Topliss-reactive ketones (excluding diaryl/α,β-unsaturated/α-hetero) is 1. The summed E-state index contributed by atoms with van der Waals surface area (Å²) in [6, 6.07) is 19.8. The van der Waals surface area contributed by atoms with Crippen molar-refractivity contribution in [3.8, 4) is 22.8 Å². The summed E-state index contributed by atoms with van der Waals surface area (Å²) in [7, 11) is 0. The van der Waals surface area contributed by atoms with E-state index in [4.69, 9.17) is 16.0 Å². The number of anilines is 1. The van der Waals surface area contributed by atoms with Crippen molar-refractivity contribution in [1.82, 2.24) is 20.2 Å². The Bertz CT molecular complexity index is 1530. The number of thioether (sulfide) groups is 1. The highest BCUT2D eigenvalue weighted by Crippen LogP contribution is 2.27. The Morgan fingerprint density at radius 1 is 1.00 bits per heavy atom. The predicted octanol–water partition coefficient (Wildman–Crippen LogP) is 5.87. The summed E-state index contributed by atoms with van der Waals surface area (Å²) in [5, 5.41) is 11.8. The molecule has 2 heterocycles. The fraction of sp³-hybridized carbons (Fsp3) is 0.0800. The third-order valence-electron chi connectivity index (χ3n) is 5.16. The molecule has 0 saturated carbocycles. The van der Waals surface area contributed by atoms with Crippen LogP contribution in [0.2, 0.25) is 5.02 Å². The number of benzene rings is 3. The molecule has 0 spiro atoms. The van der Waals surface area contributed by atoms with Gasteiger partial charge < -0.3 is 14.7 Å². The third kappa shape index (κ3) is 5.26. The monoisotopic (exact) mass is 503 g/mol. The molecule has 8 nitrogen and oxygen atoms in total. The zero-order chi connectivity index (χ0) is 24.4. The fourth-order valence-corrected chi connectivity index (χ4v) is 4.12. The van der Waals surface area contributed by atoms with Gasteiger partial charge >= 0.3 is 0 Å². The molecule has 0 fully saturated rings. The van der Waals surface area contributed by atoms with Crippen LogP contribution in [0, 0.1) is 0 Å². The van der Waals surface area contributed by atoms with E-state index in [-0.39, 0.29) is 17.4 Å². The van der Waals surface area contributed by atoms with Crippen molar-refractivity contribution in [2.75, 3.05) is 11.1 Å². The van der Waals surface area contributed by atoms with Crippen molar-refractivity contribution < 1.29 is 14.0 Å². The van der Waals surface area contributed by atoms with E-state index >= 15 is 0 Å². The highest BCUT2D eigenvalue weighted by atomic mass is 35.5. The van der Waals surface area contributed by atoms with E-state index in [1.807, 2.05) is 36.4 Å². The van der Waals surface area contributed by atoms with Gasteiger partial charge in [0.05, 0.1) is 16.8 Å². The molecule has 1 amide bonds. The lowest BCUT2D eigenvalue weighted by atomic mass is 10.1. The molecule has 0 aliphatic rings. The van der Waals surface area contributed by atoms with Gasteiger partial charge in [-0.15, -0.1) is 10.2 Å². The first-order valence-corrected chi connectivity index (χ1v) is 11.9. The van der Waals surface area contributed by atoms with E-state index < -0.39 is 0 Å². The van der Waals surface area contributed by atoms with E-state index in [1.54, 1.807) is 30.3 Å².